The predicted molar refractivity (Wildman–Crippen MR) is 60.2 cm³/mol. The van der Waals surface area contributed by atoms with E-state index in [1.165, 1.54) is 23.6 Å². The average molecular weight is 194 g/mol. The molecule has 0 aromatic heterocycles. The van der Waals surface area contributed by atoms with Crippen molar-refractivity contribution in [2.75, 3.05) is 0 Å². The molecule has 1 aromatic carbocycles. The van der Waals surface area contributed by atoms with Crippen LogP contribution in [-0.4, -0.2) is 14.6 Å². The summed E-state index contributed by atoms with van der Waals surface area (Å²) in [6.45, 7) is 4.45. The van der Waals surface area contributed by atoms with E-state index < -0.39 is 9.76 Å². The molecule has 2 heteroatoms. The topological polar surface area (TPSA) is 20.2 Å². The van der Waals surface area contributed by atoms with Crippen molar-refractivity contribution < 1.29 is 4.80 Å². The Balaban J connectivity index is 2.85. The van der Waals surface area contributed by atoms with Crippen LogP contribution < -0.4 is 5.19 Å². The van der Waals surface area contributed by atoms with Crippen LogP contribution in [0.5, 0.6) is 0 Å². The van der Waals surface area contributed by atoms with Crippen LogP contribution in [-0.2, 0) is 0 Å². The summed E-state index contributed by atoms with van der Waals surface area (Å²) in [7, 11) is -0.997. The van der Waals surface area contributed by atoms with Gasteiger partial charge < -0.3 is 4.80 Å². The normalized spacial score (nSPS) is 13.8. The van der Waals surface area contributed by atoms with Crippen LogP contribution >= 0.6 is 0 Å². The number of hydrogen-bond donors (Lipinski definition) is 1. The van der Waals surface area contributed by atoms with Crippen molar-refractivity contribution in [3.05, 3.63) is 29.8 Å². The summed E-state index contributed by atoms with van der Waals surface area (Å²) in [5, 5.41) is 1.21. The lowest BCUT2D eigenvalue weighted by Gasteiger charge is -2.13. The van der Waals surface area contributed by atoms with Gasteiger partial charge in [-0.25, -0.2) is 0 Å². The van der Waals surface area contributed by atoms with Crippen LogP contribution in [0.25, 0.3) is 0 Å². The Kier molecular flexibility index (Phi) is 4.19. The second kappa shape index (κ2) is 5.20. The molecule has 0 saturated heterocycles. The van der Waals surface area contributed by atoms with Gasteiger partial charge in [-0.2, -0.15) is 0 Å². The Morgan fingerprint density at radius 1 is 1.38 bits per heavy atom. The number of hydrogen-bond acceptors (Lipinski definition) is 1. The molecule has 0 bridgehead atoms. The summed E-state index contributed by atoms with van der Waals surface area (Å²) >= 11 is 0. The molecule has 0 saturated carbocycles. The van der Waals surface area contributed by atoms with Gasteiger partial charge in [-0.1, -0.05) is 44.5 Å². The lowest BCUT2D eigenvalue weighted by atomic mass is 9.97. The Morgan fingerprint density at radius 3 is 2.69 bits per heavy atom. The highest BCUT2D eigenvalue weighted by Crippen LogP contribution is 2.17. The molecule has 0 aliphatic rings. The maximum Gasteiger partial charge on any atom is 0.188 e. The van der Waals surface area contributed by atoms with E-state index >= 15 is 0 Å². The van der Waals surface area contributed by atoms with Crippen LogP contribution in [0.1, 0.15) is 38.2 Å². The smallest absolute Gasteiger partial charge is 0.188 e. The fourth-order valence-corrected chi connectivity index (χ4v) is 2.64. The minimum absolute atomic E-state index is 0.598. The van der Waals surface area contributed by atoms with Crippen LogP contribution in [0, 0.1) is 0 Å². The largest absolute Gasteiger partial charge is 0.433 e. The van der Waals surface area contributed by atoms with E-state index in [9.17, 15) is 4.80 Å². The van der Waals surface area contributed by atoms with E-state index in [1.54, 1.807) is 0 Å². The number of rotatable bonds is 4. The quantitative estimate of drug-likeness (QED) is 0.716. The third kappa shape index (κ3) is 2.67. The zero-order chi connectivity index (χ0) is 9.68. The molecule has 1 rings (SSSR count). The molecule has 1 atom stereocenters. The van der Waals surface area contributed by atoms with Crippen LogP contribution in [0.15, 0.2) is 24.3 Å². The summed E-state index contributed by atoms with van der Waals surface area (Å²) < 4.78 is 0. The summed E-state index contributed by atoms with van der Waals surface area (Å²) in [5.74, 6) is 0.598. The van der Waals surface area contributed by atoms with Crippen LogP contribution in [0.4, 0.5) is 0 Å². The minimum atomic E-state index is -0.997. The van der Waals surface area contributed by atoms with Crippen LogP contribution in [0.3, 0.4) is 0 Å². The van der Waals surface area contributed by atoms with Crippen molar-refractivity contribution in [3.8, 4) is 0 Å². The molecule has 1 unspecified atom stereocenters. The molecule has 1 aromatic rings. The molecule has 0 amide bonds. The second-order valence-electron chi connectivity index (χ2n) is 3.55. The Morgan fingerprint density at radius 2 is 2.08 bits per heavy atom. The van der Waals surface area contributed by atoms with Gasteiger partial charge in [0, 0.05) is 0 Å². The molecule has 0 spiro atoms. The molecule has 0 heterocycles. The third-order valence-electron chi connectivity index (χ3n) is 2.48. The standard InChI is InChI=1S/C11H18OSi/c1-3-6-9(2)10-7-4-5-8-11(10)13-12/h4-5,7-9,12H,3,6,13H2,1-2H3. The molecule has 0 aliphatic heterocycles. The van der Waals surface area contributed by atoms with Gasteiger partial charge >= 0.3 is 0 Å². The molecule has 13 heavy (non-hydrogen) atoms. The first-order valence-corrected chi connectivity index (χ1v) is 6.32. The van der Waals surface area contributed by atoms with Crippen molar-refractivity contribution in [1.29, 1.82) is 0 Å². The van der Waals surface area contributed by atoms with Gasteiger partial charge in [0.2, 0.25) is 0 Å². The molecule has 0 aliphatic carbocycles. The Labute approximate surface area is 82.7 Å². The molecule has 1 N–H and O–H groups in total. The molecule has 0 fully saturated rings. The average Bonchev–Trinajstić information content (AvgIpc) is 2.18. The number of benzene rings is 1. The first-order chi connectivity index (χ1) is 6.29. The van der Waals surface area contributed by atoms with E-state index in [1.807, 2.05) is 6.07 Å². The highest BCUT2D eigenvalue weighted by atomic mass is 28.2. The van der Waals surface area contributed by atoms with Gasteiger partial charge in [-0.15, -0.1) is 0 Å². The SMILES string of the molecule is CCCC(C)c1ccccc1[SiH2]O. The van der Waals surface area contributed by atoms with Crippen molar-refractivity contribution in [2.24, 2.45) is 0 Å². The summed E-state index contributed by atoms with van der Waals surface area (Å²) in [6.07, 6.45) is 2.42. The van der Waals surface area contributed by atoms with E-state index in [-0.39, 0.29) is 0 Å². The predicted octanol–water partition coefficient (Wildman–Crippen LogP) is 1.29. The van der Waals surface area contributed by atoms with E-state index in [0.717, 1.165) is 0 Å². The van der Waals surface area contributed by atoms with Gasteiger partial charge in [-0.3, -0.25) is 0 Å². The molecule has 72 valence electrons. The van der Waals surface area contributed by atoms with Gasteiger partial charge in [0.05, 0.1) is 0 Å². The second-order valence-corrected chi connectivity index (χ2v) is 4.62. The van der Waals surface area contributed by atoms with Gasteiger partial charge in [0.25, 0.3) is 0 Å². The van der Waals surface area contributed by atoms with Crippen molar-refractivity contribution >= 4 is 14.9 Å². The van der Waals surface area contributed by atoms with Crippen molar-refractivity contribution in [1.82, 2.24) is 0 Å². The van der Waals surface area contributed by atoms with Gasteiger partial charge in [-0.05, 0) is 23.1 Å². The maximum atomic E-state index is 9.27. The minimum Gasteiger partial charge on any atom is -0.433 e. The van der Waals surface area contributed by atoms with Gasteiger partial charge in [0.1, 0.15) is 0 Å². The van der Waals surface area contributed by atoms with Crippen LogP contribution in [0.2, 0.25) is 0 Å². The molecule has 1 nitrogen and oxygen atoms in total. The molecule has 0 radical (unpaired) electrons. The zero-order valence-electron chi connectivity index (χ0n) is 8.46. The molecular formula is C11H18OSi. The first-order valence-electron chi connectivity index (χ1n) is 4.98. The van der Waals surface area contributed by atoms with E-state index in [0.29, 0.717) is 5.92 Å². The fourth-order valence-electron chi connectivity index (χ4n) is 1.75. The summed E-state index contributed by atoms with van der Waals surface area (Å²) in [5.41, 5.74) is 1.36. The van der Waals surface area contributed by atoms with E-state index in [4.69, 9.17) is 0 Å². The lowest BCUT2D eigenvalue weighted by Crippen LogP contribution is -2.20. The summed E-state index contributed by atoms with van der Waals surface area (Å²) in [4.78, 5) is 9.27. The monoisotopic (exact) mass is 194 g/mol. The van der Waals surface area contributed by atoms with Crippen molar-refractivity contribution in [2.45, 2.75) is 32.6 Å². The highest BCUT2D eigenvalue weighted by molar-refractivity contribution is 6.46. The third-order valence-corrected chi connectivity index (χ3v) is 3.46. The van der Waals surface area contributed by atoms with Crippen molar-refractivity contribution in [3.63, 3.8) is 0 Å². The molecular weight excluding hydrogens is 176 g/mol. The van der Waals surface area contributed by atoms with Gasteiger partial charge in [0.15, 0.2) is 9.76 Å². The maximum absolute atomic E-state index is 9.27. The fraction of sp³-hybridized carbons (Fsp3) is 0.455. The Hall–Kier alpha value is -0.603. The first kappa shape index (κ1) is 10.5. The Bertz CT molecular complexity index is 260. The highest BCUT2D eigenvalue weighted by Gasteiger charge is 2.08. The zero-order valence-corrected chi connectivity index (χ0v) is 9.87. The van der Waals surface area contributed by atoms with E-state index in [2.05, 4.69) is 32.0 Å². The summed E-state index contributed by atoms with van der Waals surface area (Å²) in [6, 6.07) is 8.29. The lowest BCUT2D eigenvalue weighted by molar-refractivity contribution is 0.612.